The molecule has 0 saturated heterocycles. The van der Waals surface area contributed by atoms with Gasteiger partial charge in [-0.05, 0) is 24.4 Å². The highest BCUT2D eigenvalue weighted by Gasteiger charge is 2.33. The van der Waals surface area contributed by atoms with Gasteiger partial charge < -0.3 is 10.0 Å². The van der Waals surface area contributed by atoms with Crippen molar-refractivity contribution in [3.63, 3.8) is 0 Å². The van der Waals surface area contributed by atoms with Crippen LogP contribution < -0.4 is 4.90 Å². The van der Waals surface area contributed by atoms with Crippen LogP contribution in [0.3, 0.4) is 0 Å². The van der Waals surface area contributed by atoms with Gasteiger partial charge in [0.2, 0.25) is 5.28 Å². The molecule has 2 heterocycles. The lowest BCUT2D eigenvalue weighted by Gasteiger charge is -2.29. The molecule has 0 spiro atoms. The minimum absolute atomic E-state index is 0.178. The molecule has 1 fully saturated rings. The Morgan fingerprint density at radius 3 is 2.89 bits per heavy atom. The van der Waals surface area contributed by atoms with Gasteiger partial charge in [-0.2, -0.15) is 15.1 Å². The van der Waals surface area contributed by atoms with Gasteiger partial charge in [-0.3, -0.25) is 5.10 Å². The number of likely N-dealkylation sites (N-methyl/N-ethyl adjacent to an activating group) is 1. The average molecular weight is 282 g/mol. The number of rotatable bonds is 3. The Bertz CT molecular complexity index is 593. The summed E-state index contributed by atoms with van der Waals surface area (Å²) in [5.74, 6) is 0.698. The molecule has 0 bridgehead atoms. The summed E-state index contributed by atoms with van der Waals surface area (Å²) >= 11 is 5.92. The van der Waals surface area contributed by atoms with Crippen molar-refractivity contribution in [2.24, 2.45) is 0 Å². The molecular weight excluding hydrogens is 266 g/mol. The minimum atomic E-state index is -0.623. The van der Waals surface area contributed by atoms with E-state index < -0.39 is 5.60 Å². The molecule has 1 saturated carbocycles. The Balaban J connectivity index is 1.92. The second-order valence-electron chi connectivity index (χ2n) is 5.24. The molecule has 1 aliphatic rings. The normalized spacial score (nSPS) is 18.1. The molecule has 0 aromatic carbocycles. The second kappa shape index (κ2) is 4.61. The molecule has 0 radical (unpaired) electrons. The smallest absolute Gasteiger partial charge is 0.226 e. The minimum Gasteiger partial charge on any atom is -0.388 e. The van der Waals surface area contributed by atoms with Crippen LogP contribution >= 0.6 is 11.6 Å². The van der Waals surface area contributed by atoms with Crippen molar-refractivity contribution in [2.45, 2.75) is 31.3 Å². The number of nitrogens with zero attached hydrogens (tertiary/aromatic N) is 4. The molecule has 7 heteroatoms. The maximum absolute atomic E-state index is 10.5. The van der Waals surface area contributed by atoms with E-state index in [0.29, 0.717) is 18.0 Å². The highest BCUT2D eigenvalue weighted by atomic mass is 35.5. The van der Waals surface area contributed by atoms with Crippen molar-refractivity contribution >= 4 is 28.5 Å². The molecule has 1 aliphatic carbocycles. The number of anilines is 1. The van der Waals surface area contributed by atoms with Crippen LogP contribution in [0, 0.1) is 0 Å². The summed E-state index contributed by atoms with van der Waals surface area (Å²) < 4.78 is 0. The third-order valence-electron chi connectivity index (χ3n) is 3.69. The van der Waals surface area contributed by atoms with Crippen LogP contribution in [0.5, 0.6) is 0 Å². The zero-order valence-corrected chi connectivity index (χ0v) is 11.5. The summed E-state index contributed by atoms with van der Waals surface area (Å²) in [6, 6.07) is 0. The van der Waals surface area contributed by atoms with Crippen molar-refractivity contribution in [3.05, 3.63) is 11.5 Å². The lowest BCUT2D eigenvalue weighted by molar-refractivity contribution is 0.0558. The van der Waals surface area contributed by atoms with Gasteiger partial charge in [0.1, 0.15) is 5.82 Å². The fourth-order valence-electron chi connectivity index (χ4n) is 2.79. The van der Waals surface area contributed by atoms with E-state index in [1.54, 1.807) is 6.20 Å². The molecule has 0 atom stereocenters. The molecule has 2 N–H and O–H groups in total. The highest BCUT2D eigenvalue weighted by Crippen LogP contribution is 2.32. The molecule has 0 aliphatic heterocycles. The van der Waals surface area contributed by atoms with Crippen molar-refractivity contribution in [2.75, 3.05) is 18.5 Å². The van der Waals surface area contributed by atoms with Crippen LogP contribution in [0.2, 0.25) is 5.28 Å². The van der Waals surface area contributed by atoms with Crippen LogP contribution in [0.4, 0.5) is 5.82 Å². The first kappa shape index (κ1) is 12.6. The van der Waals surface area contributed by atoms with Gasteiger partial charge in [-0.1, -0.05) is 12.8 Å². The number of aromatic amines is 1. The Hall–Kier alpha value is -1.40. The number of aliphatic hydroxyl groups is 1. The van der Waals surface area contributed by atoms with Crippen molar-refractivity contribution in [1.29, 1.82) is 0 Å². The van der Waals surface area contributed by atoms with Crippen molar-refractivity contribution in [1.82, 2.24) is 20.2 Å². The second-order valence-corrected chi connectivity index (χ2v) is 5.57. The number of H-pyrrole nitrogens is 1. The van der Waals surface area contributed by atoms with E-state index in [1.807, 2.05) is 11.9 Å². The Labute approximate surface area is 115 Å². The summed E-state index contributed by atoms with van der Waals surface area (Å²) in [5.41, 5.74) is -0.0114. The zero-order valence-electron chi connectivity index (χ0n) is 10.7. The number of hydrogen-bond donors (Lipinski definition) is 2. The van der Waals surface area contributed by atoms with Gasteiger partial charge in [-0.25, -0.2) is 0 Å². The van der Waals surface area contributed by atoms with Crippen LogP contribution in [0.15, 0.2) is 6.20 Å². The van der Waals surface area contributed by atoms with E-state index in [0.717, 1.165) is 31.1 Å². The van der Waals surface area contributed by atoms with Crippen molar-refractivity contribution < 1.29 is 5.11 Å². The fraction of sp³-hybridized carbons (Fsp3) is 0.583. The molecular formula is C12H16ClN5O. The number of fused-ring (bicyclic) bond motifs is 1. The summed E-state index contributed by atoms with van der Waals surface area (Å²) in [5, 5.41) is 18.2. The first-order valence-corrected chi connectivity index (χ1v) is 6.75. The molecule has 2 aromatic rings. The molecule has 3 rings (SSSR count). The molecule has 6 nitrogen and oxygen atoms in total. The van der Waals surface area contributed by atoms with Crippen LogP contribution in [0.25, 0.3) is 11.0 Å². The van der Waals surface area contributed by atoms with E-state index in [-0.39, 0.29) is 5.28 Å². The van der Waals surface area contributed by atoms with Gasteiger partial charge in [0.25, 0.3) is 0 Å². The number of nitrogens with one attached hydrogen (secondary N) is 1. The number of hydrogen-bond acceptors (Lipinski definition) is 5. The Kier molecular flexibility index (Phi) is 3.06. The van der Waals surface area contributed by atoms with Gasteiger partial charge in [-0.15, -0.1) is 0 Å². The maximum atomic E-state index is 10.5. The molecule has 0 unspecified atom stereocenters. The third kappa shape index (κ3) is 2.37. The summed E-state index contributed by atoms with van der Waals surface area (Å²) in [6.45, 7) is 0.542. The standard InChI is InChI=1S/C12H16ClN5O/c1-18(7-12(19)4-2-3-5-12)10-8-6-14-17-9(8)15-11(13)16-10/h6,19H,2-5,7H2,1H3,(H,14,15,16,17). The van der Waals surface area contributed by atoms with Crippen molar-refractivity contribution in [3.8, 4) is 0 Å². The van der Waals surface area contributed by atoms with Gasteiger partial charge in [0.05, 0.1) is 17.2 Å². The predicted octanol–water partition coefficient (Wildman–Crippen LogP) is 1.75. The summed E-state index contributed by atoms with van der Waals surface area (Å²) in [6.07, 6.45) is 5.51. The Morgan fingerprint density at radius 1 is 1.42 bits per heavy atom. The topological polar surface area (TPSA) is 77.9 Å². The maximum Gasteiger partial charge on any atom is 0.226 e. The molecule has 102 valence electrons. The highest BCUT2D eigenvalue weighted by molar-refractivity contribution is 6.28. The molecule has 19 heavy (non-hydrogen) atoms. The lowest BCUT2D eigenvalue weighted by atomic mass is 10.0. The van der Waals surface area contributed by atoms with E-state index in [9.17, 15) is 5.11 Å². The van der Waals surface area contributed by atoms with E-state index in [4.69, 9.17) is 11.6 Å². The third-order valence-corrected chi connectivity index (χ3v) is 3.86. The first-order chi connectivity index (χ1) is 9.07. The fourth-order valence-corrected chi connectivity index (χ4v) is 2.96. The summed E-state index contributed by atoms with van der Waals surface area (Å²) in [7, 11) is 1.90. The van der Waals surface area contributed by atoms with Crippen LogP contribution in [-0.2, 0) is 0 Å². The van der Waals surface area contributed by atoms with E-state index in [1.165, 1.54) is 0 Å². The molecule has 0 amide bonds. The SMILES string of the molecule is CN(CC1(O)CCCC1)c1nc(Cl)nc2[nH]ncc12. The monoisotopic (exact) mass is 281 g/mol. The van der Waals surface area contributed by atoms with Crippen LogP contribution in [0.1, 0.15) is 25.7 Å². The van der Waals surface area contributed by atoms with E-state index >= 15 is 0 Å². The largest absolute Gasteiger partial charge is 0.388 e. The van der Waals surface area contributed by atoms with Gasteiger partial charge >= 0.3 is 0 Å². The molecule has 2 aromatic heterocycles. The zero-order chi connectivity index (χ0) is 13.5. The lowest BCUT2D eigenvalue weighted by Crippen LogP contribution is -2.39. The quantitative estimate of drug-likeness (QED) is 0.838. The number of halogens is 1. The predicted molar refractivity (Wildman–Crippen MR) is 73.4 cm³/mol. The number of aromatic nitrogens is 4. The first-order valence-electron chi connectivity index (χ1n) is 6.38. The van der Waals surface area contributed by atoms with Gasteiger partial charge in [0, 0.05) is 13.6 Å². The van der Waals surface area contributed by atoms with Crippen LogP contribution in [-0.4, -0.2) is 44.5 Å². The Morgan fingerprint density at radius 2 is 2.16 bits per heavy atom. The van der Waals surface area contributed by atoms with Gasteiger partial charge in [0.15, 0.2) is 5.65 Å². The summed E-state index contributed by atoms with van der Waals surface area (Å²) in [4.78, 5) is 10.3. The van der Waals surface area contributed by atoms with E-state index in [2.05, 4.69) is 20.2 Å². The average Bonchev–Trinajstić information content (AvgIpc) is 2.96.